The lowest BCUT2D eigenvalue weighted by Crippen LogP contribution is -2.29. The fourth-order valence-electron chi connectivity index (χ4n) is 3.58. The molecule has 0 saturated carbocycles. The molecule has 1 amide bonds. The largest absolute Gasteiger partial charge is 0.367 e. The second-order valence-electron chi connectivity index (χ2n) is 7.60. The van der Waals surface area contributed by atoms with Crippen molar-refractivity contribution in [1.29, 1.82) is 5.26 Å². The molecule has 8 heteroatoms. The van der Waals surface area contributed by atoms with E-state index in [0.29, 0.717) is 45.8 Å². The monoisotopic (exact) mass is 478 g/mol. The standard InChI is InChI=1S/C25H26N4O2S2/c1-4-6-13-28-22(27-16-18-10-8-7-9-11-18)19(17(3)20(15-26)23(28)30)14-21-24(31)29(12-5-2)25(32)33-21/h5,7-11,14,27H,2,4,6,12-13,16H2,1,3H3/b21-14+. The number of hydrogen-bond acceptors (Lipinski definition) is 6. The molecule has 0 bridgehead atoms. The van der Waals surface area contributed by atoms with Gasteiger partial charge in [0.1, 0.15) is 21.8 Å². The van der Waals surface area contributed by atoms with Gasteiger partial charge in [0.05, 0.1) is 4.91 Å². The Morgan fingerprint density at radius 1 is 1.27 bits per heavy atom. The molecule has 1 saturated heterocycles. The molecular formula is C25H26N4O2S2. The van der Waals surface area contributed by atoms with Crippen molar-refractivity contribution in [2.24, 2.45) is 0 Å². The van der Waals surface area contributed by atoms with Crippen LogP contribution in [0.1, 0.15) is 42.0 Å². The maximum absolute atomic E-state index is 13.2. The Hall–Kier alpha value is -3.15. The summed E-state index contributed by atoms with van der Waals surface area (Å²) in [7, 11) is 0. The number of nitriles is 1. The zero-order valence-corrected chi connectivity index (χ0v) is 20.4. The molecule has 2 heterocycles. The van der Waals surface area contributed by atoms with Crippen LogP contribution in [0.5, 0.6) is 0 Å². The first kappa shape index (κ1) is 24.5. The number of amides is 1. The Morgan fingerprint density at radius 2 is 2.00 bits per heavy atom. The average Bonchev–Trinajstić information content (AvgIpc) is 3.08. The van der Waals surface area contributed by atoms with Gasteiger partial charge in [0, 0.05) is 25.2 Å². The number of hydrogen-bond donors (Lipinski definition) is 1. The van der Waals surface area contributed by atoms with Crippen molar-refractivity contribution in [1.82, 2.24) is 9.47 Å². The maximum atomic E-state index is 13.2. The third kappa shape index (κ3) is 5.27. The van der Waals surface area contributed by atoms with Crippen LogP contribution in [0.3, 0.4) is 0 Å². The summed E-state index contributed by atoms with van der Waals surface area (Å²) in [5, 5.41) is 13.1. The SMILES string of the molecule is C=CCN1C(=O)/C(=C\c2c(C)c(C#N)c(=O)n(CCCC)c2NCc2ccccc2)SC1=S. The molecule has 6 nitrogen and oxygen atoms in total. The average molecular weight is 479 g/mol. The molecular weight excluding hydrogens is 452 g/mol. The van der Waals surface area contributed by atoms with E-state index < -0.39 is 0 Å². The third-order valence-corrected chi connectivity index (χ3v) is 6.75. The highest BCUT2D eigenvalue weighted by molar-refractivity contribution is 8.26. The number of unbranched alkanes of at least 4 members (excludes halogenated alkanes) is 1. The lowest BCUT2D eigenvalue weighted by Gasteiger charge is -2.20. The Kier molecular flexibility index (Phi) is 8.26. The summed E-state index contributed by atoms with van der Waals surface area (Å²) in [4.78, 5) is 28.1. The molecule has 0 spiro atoms. The molecule has 33 heavy (non-hydrogen) atoms. The predicted octanol–water partition coefficient (Wildman–Crippen LogP) is 4.83. The molecule has 1 aliphatic heterocycles. The fourth-order valence-corrected chi connectivity index (χ4v) is 4.84. The Bertz CT molecular complexity index is 1210. The molecule has 1 aromatic carbocycles. The Morgan fingerprint density at radius 3 is 2.64 bits per heavy atom. The summed E-state index contributed by atoms with van der Waals surface area (Å²) in [6.45, 7) is 8.78. The number of aromatic nitrogens is 1. The topological polar surface area (TPSA) is 78.1 Å². The fraction of sp³-hybridized carbons (Fsp3) is 0.280. The van der Waals surface area contributed by atoms with E-state index in [1.807, 2.05) is 37.3 Å². The van der Waals surface area contributed by atoms with E-state index in [1.54, 1.807) is 23.6 Å². The van der Waals surface area contributed by atoms with Crippen LogP contribution in [-0.2, 0) is 17.9 Å². The number of carbonyl (C=O) groups is 1. The molecule has 1 aromatic heterocycles. The van der Waals surface area contributed by atoms with Crippen LogP contribution in [0.4, 0.5) is 5.82 Å². The molecule has 0 atom stereocenters. The third-order valence-electron chi connectivity index (χ3n) is 5.37. The zero-order valence-electron chi connectivity index (χ0n) is 18.8. The summed E-state index contributed by atoms with van der Waals surface area (Å²) in [5.41, 5.74) is 2.01. The second-order valence-corrected chi connectivity index (χ2v) is 9.28. The van der Waals surface area contributed by atoms with Crippen LogP contribution < -0.4 is 10.9 Å². The lowest BCUT2D eigenvalue weighted by atomic mass is 10.0. The van der Waals surface area contributed by atoms with E-state index in [-0.39, 0.29) is 17.0 Å². The van der Waals surface area contributed by atoms with Crippen LogP contribution in [0.25, 0.3) is 6.08 Å². The van der Waals surface area contributed by atoms with Crippen molar-refractivity contribution in [2.75, 3.05) is 11.9 Å². The van der Waals surface area contributed by atoms with Crippen LogP contribution in [0.15, 0.2) is 52.7 Å². The van der Waals surface area contributed by atoms with Gasteiger partial charge in [-0.15, -0.1) is 6.58 Å². The second kappa shape index (κ2) is 11.1. The van der Waals surface area contributed by atoms with Crippen molar-refractivity contribution in [3.05, 3.63) is 80.5 Å². The number of thiocarbonyl (C=S) groups is 1. The van der Waals surface area contributed by atoms with Crippen LogP contribution in [0.2, 0.25) is 0 Å². The number of nitrogens with zero attached hydrogens (tertiary/aromatic N) is 3. The number of benzene rings is 1. The molecule has 1 fully saturated rings. The lowest BCUT2D eigenvalue weighted by molar-refractivity contribution is -0.121. The number of pyridine rings is 1. The minimum absolute atomic E-state index is 0.0872. The maximum Gasteiger partial charge on any atom is 0.270 e. The molecule has 0 aliphatic carbocycles. The number of anilines is 1. The molecule has 3 rings (SSSR count). The van der Waals surface area contributed by atoms with Gasteiger partial charge in [-0.1, -0.05) is 73.7 Å². The molecule has 0 unspecified atom stereocenters. The summed E-state index contributed by atoms with van der Waals surface area (Å²) in [6, 6.07) is 11.9. The highest BCUT2D eigenvalue weighted by Gasteiger charge is 2.32. The van der Waals surface area contributed by atoms with Gasteiger partial charge in [-0.2, -0.15) is 5.26 Å². The van der Waals surface area contributed by atoms with Gasteiger partial charge in [-0.25, -0.2) is 0 Å². The Labute approximate surface area is 203 Å². The van der Waals surface area contributed by atoms with Gasteiger partial charge >= 0.3 is 0 Å². The number of thioether (sulfide) groups is 1. The van der Waals surface area contributed by atoms with E-state index in [1.165, 1.54) is 16.7 Å². The minimum Gasteiger partial charge on any atom is -0.367 e. The highest BCUT2D eigenvalue weighted by Crippen LogP contribution is 2.35. The first-order valence-corrected chi connectivity index (χ1v) is 12.0. The van der Waals surface area contributed by atoms with E-state index >= 15 is 0 Å². The molecule has 1 aliphatic rings. The van der Waals surface area contributed by atoms with Crippen molar-refractivity contribution >= 4 is 46.1 Å². The van der Waals surface area contributed by atoms with Gasteiger partial charge < -0.3 is 5.32 Å². The van der Waals surface area contributed by atoms with Crippen molar-refractivity contribution in [3.8, 4) is 6.07 Å². The van der Waals surface area contributed by atoms with Crippen LogP contribution in [-0.4, -0.2) is 26.2 Å². The summed E-state index contributed by atoms with van der Waals surface area (Å²) >= 11 is 6.58. The quantitative estimate of drug-likeness (QED) is 0.316. The first-order chi connectivity index (χ1) is 15.9. The molecule has 170 valence electrons. The number of rotatable bonds is 9. The van der Waals surface area contributed by atoms with E-state index in [2.05, 4.69) is 18.0 Å². The summed E-state index contributed by atoms with van der Waals surface area (Å²) in [5.74, 6) is 0.394. The van der Waals surface area contributed by atoms with Crippen molar-refractivity contribution < 1.29 is 4.79 Å². The van der Waals surface area contributed by atoms with Crippen LogP contribution >= 0.6 is 24.0 Å². The van der Waals surface area contributed by atoms with Crippen molar-refractivity contribution in [2.45, 2.75) is 39.8 Å². The van der Waals surface area contributed by atoms with E-state index in [4.69, 9.17) is 12.2 Å². The summed E-state index contributed by atoms with van der Waals surface area (Å²) < 4.78 is 2.08. The number of nitrogens with one attached hydrogen (secondary N) is 1. The van der Waals surface area contributed by atoms with Gasteiger partial charge in [0.25, 0.3) is 11.5 Å². The van der Waals surface area contributed by atoms with E-state index in [0.717, 1.165) is 18.4 Å². The normalized spacial score (nSPS) is 14.6. The van der Waals surface area contributed by atoms with Gasteiger partial charge in [0.15, 0.2) is 0 Å². The van der Waals surface area contributed by atoms with Crippen LogP contribution in [0, 0.1) is 18.3 Å². The van der Waals surface area contributed by atoms with Gasteiger partial charge in [0.2, 0.25) is 0 Å². The summed E-state index contributed by atoms with van der Waals surface area (Å²) in [6.07, 6.45) is 5.06. The first-order valence-electron chi connectivity index (χ1n) is 10.7. The number of carbonyl (C=O) groups excluding carboxylic acids is 1. The smallest absolute Gasteiger partial charge is 0.270 e. The van der Waals surface area contributed by atoms with Crippen molar-refractivity contribution in [3.63, 3.8) is 0 Å². The van der Waals surface area contributed by atoms with Gasteiger partial charge in [-0.05, 0) is 30.5 Å². The molecule has 1 N–H and O–H groups in total. The van der Waals surface area contributed by atoms with Gasteiger partial charge in [-0.3, -0.25) is 19.1 Å². The predicted molar refractivity (Wildman–Crippen MR) is 139 cm³/mol. The zero-order chi connectivity index (χ0) is 24.0. The molecule has 2 aromatic rings. The minimum atomic E-state index is -0.324. The molecule has 0 radical (unpaired) electrons. The Balaban J connectivity index is 2.17. The highest BCUT2D eigenvalue weighted by atomic mass is 32.2. The van der Waals surface area contributed by atoms with E-state index in [9.17, 15) is 14.9 Å².